The highest BCUT2D eigenvalue weighted by atomic mass is 16.5. The molecular weight excluding hydrogens is 382 g/mol. The first kappa shape index (κ1) is 22.9. The average molecular weight is 418 g/mol. The number of benzene rings is 2. The summed E-state index contributed by atoms with van der Waals surface area (Å²) in [5, 5.41) is 0. The van der Waals surface area contributed by atoms with Crippen LogP contribution in [0.4, 0.5) is 0 Å². The number of aryl methyl sites for hydroxylation is 2. The highest BCUT2D eigenvalue weighted by molar-refractivity contribution is 5.75. The molecule has 0 fully saturated rings. The number of hydrogen-bond acceptors (Lipinski definition) is 3. The molecule has 0 bridgehead atoms. The SMILES string of the molecule is COC(C)CC(C)O/C=C/c1c(C)cc(C)cc1C1C=CC(c2ccccc2)=CN1C. The molecule has 0 N–H and O–H groups in total. The number of hydrogen-bond donors (Lipinski definition) is 0. The van der Waals surface area contributed by atoms with E-state index in [1.54, 1.807) is 7.11 Å². The second-order valence-corrected chi connectivity index (χ2v) is 8.54. The highest BCUT2D eigenvalue weighted by Crippen LogP contribution is 2.34. The van der Waals surface area contributed by atoms with Gasteiger partial charge in [0.15, 0.2) is 0 Å². The molecule has 3 atom stereocenters. The van der Waals surface area contributed by atoms with Crippen LogP contribution in [0.5, 0.6) is 0 Å². The first-order valence-electron chi connectivity index (χ1n) is 11.0. The summed E-state index contributed by atoms with van der Waals surface area (Å²) in [4.78, 5) is 2.29. The minimum Gasteiger partial charge on any atom is -0.498 e. The Morgan fingerprint density at radius 3 is 2.48 bits per heavy atom. The number of methoxy groups -OCH3 is 1. The predicted octanol–water partition coefficient (Wildman–Crippen LogP) is 6.69. The first-order chi connectivity index (χ1) is 14.9. The van der Waals surface area contributed by atoms with E-state index in [1.807, 2.05) is 6.26 Å². The quantitative estimate of drug-likeness (QED) is 0.447. The van der Waals surface area contributed by atoms with Crippen molar-refractivity contribution in [2.24, 2.45) is 0 Å². The Kier molecular flexibility index (Phi) is 7.75. The molecule has 0 saturated heterocycles. The smallest absolute Gasteiger partial charge is 0.0975 e. The van der Waals surface area contributed by atoms with Gasteiger partial charge in [0.1, 0.15) is 0 Å². The summed E-state index contributed by atoms with van der Waals surface area (Å²) in [6.45, 7) is 8.47. The third-order valence-electron chi connectivity index (χ3n) is 5.84. The van der Waals surface area contributed by atoms with Crippen molar-refractivity contribution in [2.75, 3.05) is 14.2 Å². The van der Waals surface area contributed by atoms with Gasteiger partial charge in [-0.15, -0.1) is 0 Å². The van der Waals surface area contributed by atoms with Crippen molar-refractivity contribution < 1.29 is 9.47 Å². The van der Waals surface area contributed by atoms with Crippen molar-refractivity contribution in [3.05, 3.63) is 94.9 Å². The summed E-state index contributed by atoms with van der Waals surface area (Å²) in [5.74, 6) is 0. The Bertz CT molecular complexity index is 958. The largest absolute Gasteiger partial charge is 0.498 e. The fraction of sp³-hybridized carbons (Fsp3) is 0.357. The Balaban J connectivity index is 1.83. The third kappa shape index (κ3) is 5.89. The van der Waals surface area contributed by atoms with Gasteiger partial charge in [-0.3, -0.25) is 0 Å². The van der Waals surface area contributed by atoms with Crippen molar-refractivity contribution in [2.45, 2.75) is 52.4 Å². The molecule has 3 nitrogen and oxygen atoms in total. The normalized spacial score (nSPS) is 18.2. The van der Waals surface area contributed by atoms with E-state index < -0.39 is 0 Å². The molecule has 31 heavy (non-hydrogen) atoms. The Hall–Kier alpha value is -2.78. The average Bonchev–Trinajstić information content (AvgIpc) is 2.75. The van der Waals surface area contributed by atoms with Crippen molar-refractivity contribution in [1.29, 1.82) is 0 Å². The first-order valence-corrected chi connectivity index (χ1v) is 11.0. The summed E-state index contributed by atoms with van der Waals surface area (Å²) >= 11 is 0. The molecular formula is C28H35NO2. The number of ether oxygens (including phenoxy) is 2. The molecule has 3 rings (SSSR count). The zero-order chi connectivity index (χ0) is 22.4. The van der Waals surface area contributed by atoms with Crippen LogP contribution in [0.1, 0.15) is 54.1 Å². The number of nitrogens with zero attached hydrogens (tertiary/aromatic N) is 1. The minimum atomic E-state index is 0.106. The topological polar surface area (TPSA) is 21.7 Å². The lowest BCUT2D eigenvalue weighted by Crippen LogP contribution is -2.21. The molecule has 0 aliphatic carbocycles. The van der Waals surface area contributed by atoms with Crippen molar-refractivity contribution >= 4 is 11.6 Å². The minimum absolute atomic E-state index is 0.106. The molecule has 0 saturated carbocycles. The summed E-state index contributed by atoms with van der Waals surface area (Å²) < 4.78 is 11.3. The fourth-order valence-electron chi connectivity index (χ4n) is 4.14. The van der Waals surface area contributed by atoms with Crippen LogP contribution < -0.4 is 0 Å². The van der Waals surface area contributed by atoms with E-state index in [1.165, 1.54) is 33.4 Å². The van der Waals surface area contributed by atoms with Crippen LogP contribution in [0.15, 0.2) is 67.1 Å². The van der Waals surface area contributed by atoms with Gasteiger partial charge in [-0.1, -0.05) is 60.2 Å². The van der Waals surface area contributed by atoms with Gasteiger partial charge in [-0.25, -0.2) is 0 Å². The number of rotatable bonds is 8. The maximum Gasteiger partial charge on any atom is 0.0975 e. The zero-order valence-corrected chi connectivity index (χ0v) is 19.6. The molecule has 1 aliphatic rings. The van der Waals surface area contributed by atoms with Crippen LogP contribution in [0.25, 0.3) is 11.6 Å². The van der Waals surface area contributed by atoms with E-state index in [9.17, 15) is 0 Å². The van der Waals surface area contributed by atoms with Crippen LogP contribution in [0, 0.1) is 13.8 Å². The number of allylic oxidation sites excluding steroid dienone is 2. The van der Waals surface area contributed by atoms with Gasteiger partial charge >= 0.3 is 0 Å². The van der Waals surface area contributed by atoms with Gasteiger partial charge < -0.3 is 14.4 Å². The summed E-state index contributed by atoms with van der Waals surface area (Å²) in [6.07, 6.45) is 11.9. The van der Waals surface area contributed by atoms with Gasteiger partial charge in [0.05, 0.1) is 24.5 Å². The van der Waals surface area contributed by atoms with Crippen molar-refractivity contribution in [3.63, 3.8) is 0 Å². The van der Waals surface area contributed by atoms with Crippen molar-refractivity contribution in [1.82, 2.24) is 4.90 Å². The fourth-order valence-corrected chi connectivity index (χ4v) is 4.14. The molecule has 2 aromatic carbocycles. The molecule has 0 aromatic heterocycles. The maximum atomic E-state index is 5.94. The molecule has 2 aromatic rings. The van der Waals surface area contributed by atoms with Gasteiger partial charge in [-0.2, -0.15) is 0 Å². The lowest BCUT2D eigenvalue weighted by atomic mass is 9.91. The summed E-state index contributed by atoms with van der Waals surface area (Å²) in [5.41, 5.74) is 7.50. The second-order valence-electron chi connectivity index (χ2n) is 8.54. The summed E-state index contributed by atoms with van der Waals surface area (Å²) in [7, 11) is 3.88. The highest BCUT2D eigenvalue weighted by Gasteiger charge is 2.20. The van der Waals surface area contributed by atoms with Crippen molar-refractivity contribution in [3.8, 4) is 0 Å². The van der Waals surface area contributed by atoms with Gasteiger partial charge in [0.25, 0.3) is 0 Å². The lowest BCUT2D eigenvalue weighted by molar-refractivity contribution is 0.0562. The standard InChI is InChI=1S/C28H35NO2/c1-20-16-21(2)26(14-15-31-23(4)18-22(3)30-6)27(17-20)28-13-12-25(19-29(28)5)24-10-8-7-9-11-24/h7-17,19,22-23,28H,18H2,1-6H3/b15-14+. The Morgan fingerprint density at radius 2 is 1.81 bits per heavy atom. The van der Waals surface area contributed by atoms with E-state index >= 15 is 0 Å². The molecule has 164 valence electrons. The third-order valence-corrected chi connectivity index (χ3v) is 5.84. The van der Waals surface area contributed by atoms with Crippen LogP contribution in [-0.2, 0) is 9.47 Å². The molecule has 3 unspecified atom stereocenters. The molecule has 3 heteroatoms. The number of likely N-dealkylation sites (N-methyl/N-ethyl adjacent to an activating group) is 1. The van der Waals surface area contributed by atoms with E-state index in [0.29, 0.717) is 0 Å². The Morgan fingerprint density at radius 1 is 1.06 bits per heavy atom. The van der Waals surface area contributed by atoms with Crippen LogP contribution >= 0.6 is 0 Å². The van der Waals surface area contributed by atoms with Gasteiger partial charge in [0.2, 0.25) is 0 Å². The second kappa shape index (κ2) is 10.5. The van der Waals surface area contributed by atoms with Crippen LogP contribution in [0.3, 0.4) is 0 Å². The maximum absolute atomic E-state index is 5.94. The molecule has 0 amide bonds. The van der Waals surface area contributed by atoms with Gasteiger partial charge in [-0.05, 0) is 61.6 Å². The van der Waals surface area contributed by atoms with E-state index in [-0.39, 0.29) is 18.2 Å². The predicted molar refractivity (Wildman–Crippen MR) is 131 cm³/mol. The van der Waals surface area contributed by atoms with Crippen LogP contribution in [-0.4, -0.2) is 31.3 Å². The molecule has 0 radical (unpaired) electrons. The Labute approximate surface area is 187 Å². The summed E-state index contributed by atoms with van der Waals surface area (Å²) in [6, 6.07) is 15.2. The molecule has 0 spiro atoms. The van der Waals surface area contributed by atoms with Crippen LogP contribution in [0.2, 0.25) is 0 Å². The van der Waals surface area contributed by atoms with Gasteiger partial charge in [0, 0.05) is 26.8 Å². The molecule has 1 aliphatic heterocycles. The molecule has 1 heterocycles. The van der Waals surface area contributed by atoms with E-state index in [4.69, 9.17) is 9.47 Å². The van der Waals surface area contributed by atoms with E-state index in [0.717, 1.165) is 6.42 Å². The van der Waals surface area contributed by atoms with E-state index in [2.05, 4.69) is 107 Å². The zero-order valence-electron chi connectivity index (χ0n) is 19.6. The lowest BCUT2D eigenvalue weighted by Gasteiger charge is -2.31. The monoisotopic (exact) mass is 417 g/mol.